The van der Waals surface area contributed by atoms with Crippen molar-refractivity contribution in [3.8, 4) is 17.1 Å². The third-order valence-electron chi connectivity index (χ3n) is 5.72. The van der Waals surface area contributed by atoms with E-state index < -0.39 is 0 Å². The number of nitrogens with zero attached hydrogens (tertiary/aromatic N) is 5. The minimum Gasteiger partial charge on any atom is -0.495 e. The van der Waals surface area contributed by atoms with Gasteiger partial charge in [0.15, 0.2) is 0 Å². The van der Waals surface area contributed by atoms with Crippen molar-refractivity contribution in [1.82, 2.24) is 15.0 Å². The minimum absolute atomic E-state index is 0.111. The first-order valence-corrected chi connectivity index (χ1v) is 10.8. The van der Waals surface area contributed by atoms with Crippen molar-refractivity contribution in [2.24, 2.45) is 0 Å². The Labute approximate surface area is 188 Å². The van der Waals surface area contributed by atoms with Crippen LogP contribution >= 0.6 is 0 Å². The van der Waals surface area contributed by atoms with Gasteiger partial charge in [-0.1, -0.05) is 17.3 Å². The lowest BCUT2D eigenvalue weighted by molar-refractivity contribution is -0.131. The number of ether oxygens (including phenoxy) is 1. The highest BCUT2D eigenvalue weighted by atomic mass is 16.5. The Hall–Kier alpha value is -3.55. The van der Waals surface area contributed by atoms with E-state index in [0.29, 0.717) is 37.6 Å². The highest BCUT2D eigenvalue weighted by Gasteiger charge is 2.23. The molecule has 32 heavy (non-hydrogen) atoms. The molecule has 1 aliphatic heterocycles. The number of para-hydroxylation sites is 2. The van der Waals surface area contributed by atoms with Crippen molar-refractivity contribution < 1.29 is 14.1 Å². The van der Waals surface area contributed by atoms with Crippen LogP contribution in [-0.2, 0) is 11.2 Å². The molecule has 0 atom stereocenters. The summed E-state index contributed by atoms with van der Waals surface area (Å²) in [5.41, 5.74) is 3.07. The van der Waals surface area contributed by atoms with Crippen molar-refractivity contribution in [2.75, 3.05) is 57.2 Å². The highest BCUT2D eigenvalue weighted by Crippen LogP contribution is 2.28. The van der Waals surface area contributed by atoms with E-state index in [2.05, 4.69) is 21.1 Å². The number of carbonyl (C=O) groups is 1. The number of rotatable bonds is 7. The molecule has 3 aromatic rings. The summed E-state index contributed by atoms with van der Waals surface area (Å²) in [5, 5.41) is 4.07. The van der Waals surface area contributed by atoms with E-state index >= 15 is 0 Å². The summed E-state index contributed by atoms with van der Waals surface area (Å²) in [6.07, 6.45) is 0.796. The largest absolute Gasteiger partial charge is 0.495 e. The van der Waals surface area contributed by atoms with E-state index in [4.69, 9.17) is 9.26 Å². The monoisotopic (exact) mass is 435 g/mol. The van der Waals surface area contributed by atoms with Crippen LogP contribution in [0.4, 0.5) is 11.4 Å². The van der Waals surface area contributed by atoms with Gasteiger partial charge in [-0.25, -0.2) is 0 Å². The van der Waals surface area contributed by atoms with E-state index in [1.807, 2.05) is 66.4 Å². The molecule has 8 heteroatoms. The molecule has 1 aliphatic rings. The Balaban J connectivity index is 1.28. The summed E-state index contributed by atoms with van der Waals surface area (Å²) in [7, 11) is 5.67. The van der Waals surface area contributed by atoms with Crippen LogP contribution in [0.2, 0.25) is 0 Å². The lowest BCUT2D eigenvalue weighted by Gasteiger charge is -2.36. The van der Waals surface area contributed by atoms with E-state index in [-0.39, 0.29) is 5.91 Å². The number of amides is 1. The topological polar surface area (TPSA) is 74.9 Å². The maximum atomic E-state index is 12.7. The minimum atomic E-state index is 0.111. The lowest BCUT2D eigenvalue weighted by Crippen LogP contribution is -2.48. The van der Waals surface area contributed by atoms with E-state index in [1.54, 1.807) is 7.11 Å². The summed E-state index contributed by atoms with van der Waals surface area (Å²) < 4.78 is 10.8. The average Bonchev–Trinajstić information content (AvgIpc) is 3.32. The fourth-order valence-electron chi connectivity index (χ4n) is 3.84. The molecular weight excluding hydrogens is 406 g/mol. The molecule has 0 radical (unpaired) electrons. The highest BCUT2D eigenvalue weighted by molar-refractivity contribution is 5.76. The molecule has 0 saturated carbocycles. The summed E-state index contributed by atoms with van der Waals surface area (Å²) in [6, 6.07) is 15.9. The molecule has 1 aromatic heterocycles. The van der Waals surface area contributed by atoms with Gasteiger partial charge in [-0.15, -0.1) is 0 Å². The molecule has 0 spiro atoms. The van der Waals surface area contributed by atoms with Gasteiger partial charge >= 0.3 is 0 Å². The molecule has 0 aliphatic carbocycles. The second-order valence-electron chi connectivity index (χ2n) is 7.99. The van der Waals surface area contributed by atoms with E-state index in [9.17, 15) is 4.79 Å². The number of aromatic nitrogens is 2. The lowest BCUT2D eigenvalue weighted by atomic mass is 10.2. The number of anilines is 2. The fourth-order valence-corrected chi connectivity index (χ4v) is 3.84. The summed E-state index contributed by atoms with van der Waals surface area (Å²) >= 11 is 0. The molecule has 8 nitrogen and oxygen atoms in total. The zero-order valence-electron chi connectivity index (χ0n) is 18.8. The molecule has 0 bridgehead atoms. The van der Waals surface area contributed by atoms with Gasteiger partial charge in [0.1, 0.15) is 5.75 Å². The Morgan fingerprint density at radius 1 is 1.06 bits per heavy atom. The molecule has 2 aromatic carbocycles. The fraction of sp³-hybridized carbons (Fsp3) is 0.375. The molecule has 1 saturated heterocycles. The first-order valence-electron chi connectivity index (χ1n) is 10.8. The molecule has 0 unspecified atom stereocenters. The smallest absolute Gasteiger partial charge is 0.227 e. The van der Waals surface area contributed by atoms with Gasteiger partial charge in [0.25, 0.3) is 0 Å². The maximum absolute atomic E-state index is 12.7. The Morgan fingerprint density at radius 3 is 2.47 bits per heavy atom. The van der Waals surface area contributed by atoms with Gasteiger partial charge in [0.2, 0.25) is 17.6 Å². The Kier molecular flexibility index (Phi) is 6.58. The van der Waals surface area contributed by atoms with Crippen LogP contribution in [0.1, 0.15) is 12.3 Å². The van der Waals surface area contributed by atoms with Gasteiger partial charge in [-0.05, 0) is 36.4 Å². The van der Waals surface area contributed by atoms with Gasteiger partial charge in [-0.2, -0.15) is 4.98 Å². The molecular formula is C24H29N5O3. The predicted octanol–water partition coefficient (Wildman–Crippen LogP) is 3.09. The second kappa shape index (κ2) is 9.72. The zero-order chi connectivity index (χ0) is 22.5. The number of benzene rings is 2. The van der Waals surface area contributed by atoms with E-state index in [1.165, 1.54) is 0 Å². The number of piperazine rings is 1. The average molecular weight is 436 g/mol. The summed E-state index contributed by atoms with van der Waals surface area (Å²) in [4.78, 5) is 23.4. The predicted molar refractivity (Wildman–Crippen MR) is 124 cm³/mol. The number of hydrogen-bond acceptors (Lipinski definition) is 7. The van der Waals surface area contributed by atoms with Crippen LogP contribution in [0, 0.1) is 0 Å². The number of hydrogen-bond donors (Lipinski definition) is 0. The first-order chi connectivity index (χ1) is 15.5. The quantitative estimate of drug-likeness (QED) is 0.565. The zero-order valence-corrected chi connectivity index (χ0v) is 18.8. The molecule has 0 N–H and O–H groups in total. The molecule has 4 rings (SSSR count). The molecule has 168 valence electrons. The third kappa shape index (κ3) is 4.85. The maximum Gasteiger partial charge on any atom is 0.227 e. The summed E-state index contributed by atoms with van der Waals surface area (Å²) in [5.74, 6) is 2.00. The van der Waals surface area contributed by atoms with Crippen molar-refractivity contribution in [1.29, 1.82) is 0 Å². The van der Waals surface area contributed by atoms with Crippen LogP contribution in [0.5, 0.6) is 5.75 Å². The number of carbonyl (C=O) groups excluding carboxylic acids is 1. The van der Waals surface area contributed by atoms with Crippen molar-refractivity contribution in [3.05, 3.63) is 54.4 Å². The van der Waals surface area contributed by atoms with Crippen molar-refractivity contribution in [2.45, 2.75) is 12.8 Å². The van der Waals surface area contributed by atoms with Crippen LogP contribution in [-0.4, -0.2) is 68.3 Å². The Morgan fingerprint density at radius 2 is 1.78 bits per heavy atom. The number of methoxy groups -OCH3 is 1. The van der Waals surface area contributed by atoms with Crippen LogP contribution in [0.3, 0.4) is 0 Å². The van der Waals surface area contributed by atoms with E-state index in [0.717, 1.165) is 35.8 Å². The Bertz CT molecular complexity index is 1040. The van der Waals surface area contributed by atoms with Crippen molar-refractivity contribution in [3.63, 3.8) is 0 Å². The number of aryl methyl sites for hydroxylation is 1. The van der Waals surface area contributed by atoms with Crippen LogP contribution in [0.15, 0.2) is 53.1 Å². The van der Waals surface area contributed by atoms with Gasteiger partial charge in [-0.3, -0.25) is 4.79 Å². The normalized spacial score (nSPS) is 13.8. The van der Waals surface area contributed by atoms with Gasteiger partial charge < -0.3 is 24.0 Å². The third-order valence-corrected chi connectivity index (χ3v) is 5.72. The standard InChI is InChI=1S/C24H29N5O3/c1-27(2)19-10-8-18(9-11-19)24-25-22(32-26-24)12-13-23(30)29-16-14-28(15-17-29)20-6-4-5-7-21(20)31-3/h4-11H,12-17H2,1-3H3. The van der Waals surface area contributed by atoms with Crippen LogP contribution < -0.4 is 14.5 Å². The molecule has 1 amide bonds. The molecule has 2 heterocycles. The van der Waals surface area contributed by atoms with Crippen LogP contribution in [0.25, 0.3) is 11.4 Å². The first kappa shape index (κ1) is 21.7. The van der Waals surface area contributed by atoms with Gasteiger partial charge in [0.05, 0.1) is 12.8 Å². The van der Waals surface area contributed by atoms with Gasteiger partial charge in [0, 0.05) is 64.4 Å². The summed E-state index contributed by atoms with van der Waals surface area (Å²) in [6.45, 7) is 2.92. The SMILES string of the molecule is COc1ccccc1N1CCN(C(=O)CCc2nc(-c3ccc(N(C)C)cc3)no2)CC1. The van der Waals surface area contributed by atoms with Crippen molar-refractivity contribution >= 4 is 17.3 Å². The molecule has 1 fully saturated rings. The second-order valence-corrected chi connectivity index (χ2v) is 7.99.